The molecule has 0 radical (unpaired) electrons. The summed E-state index contributed by atoms with van der Waals surface area (Å²) >= 11 is 0. The topological polar surface area (TPSA) is 47.0 Å². The molecule has 0 aliphatic heterocycles. The molecule has 1 aromatic rings. The fourth-order valence-electron chi connectivity index (χ4n) is 1.36. The number of nitrogens with one attached hydrogen (secondary N) is 1. The first-order chi connectivity index (χ1) is 6.88. The van der Waals surface area contributed by atoms with Gasteiger partial charge in [0, 0.05) is 32.3 Å². The molecule has 0 aliphatic carbocycles. The highest BCUT2D eigenvalue weighted by molar-refractivity contribution is 5.01. The molecule has 1 atom stereocenters. The van der Waals surface area contributed by atoms with Gasteiger partial charge in [0.15, 0.2) is 0 Å². The number of aromatic nitrogens is 2. The van der Waals surface area contributed by atoms with Crippen LogP contribution in [0, 0.1) is 0 Å². The summed E-state index contributed by atoms with van der Waals surface area (Å²) in [5.74, 6) is 0. The average molecular weight is 195 g/mol. The molecule has 14 heavy (non-hydrogen) atoms. The molecule has 0 aromatic carbocycles. The van der Waals surface area contributed by atoms with E-state index in [4.69, 9.17) is 4.74 Å². The van der Waals surface area contributed by atoms with Crippen LogP contribution in [0.15, 0.2) is 18.6 Å². The van der Waals surface area contributed by atoms with Crippen LogP contribution in [0.5, 0.6) is 0 Å². The third-order valence-electron chi connectivity index (χ3n) is 2.13. The standard InChI is InChI=1S/C10H17N3O/c1-11-9(4-3-7-14-2)10-8-12-5-6-13-10/h5-6,8-9,11H,3-4,7H2,1-2H3. The van der Waals surface area contributed by atoms with E-state index in [1.54, 1.807) is 25.7 Å². The summed E-state index contributed by atoms with van der Waals surface area (Å²) in [7, 11) is 3.66. The lowest BCUT2D eigenvalue weighted by Crippen LogP contribution is -2.18. The Morgan fingerprint density at radius 3 is 2.93 bits per heavy atom. The molecule has 1 N–H and O–H groups in total. The van der Waals surface area contributed by atoms with Gasteiger partial charge in [-0.15, -0.1) is 0 Å². The Labute approximate surface area is 84.7 Å². The molecular weight excluding hydrogens is 178 g/mol. The molecule has 1 unspecified atom stereocenters. The molecule has 0 bridgehead atoms. The Kier molecular flexibility index (Phi) is 5.11. The maximum atomic E-state index is 5.01. The molecule has 0 spiro atoms. The maximum absolute atomic E-state index is 5.01. The maximum Gasteiger partial charge on any atom is 0.0755 e. The highest BCUT2D eigenvalue weighted by atomic mass is 16.5. The lowest BCUT2D eigenvalue weighted by Gasteiger charge is -2.14. The molecule has 0 saturated carbocycles. The van der Waals surface area contributed by atoms with Crippen molar-refractivity contribution in [1.29, 1.82) is 0 Å². The van der Waals surface area contributed by atoms with Gasteiger partial charge in [-0.05, 0) is 19.9 Å². The average Bonchev–Trinajstić information content (AvgIpc) is 2.26. The largest absolute Gasteiger partial charge is 0.385 e. The minimum absolute atomic E-state index is 0.277. The van der Waals surface area contributed by atoms with E-state index in [0.29, 0.717) is 0 Å². The summed E-state index contributed by atoms with van der Waals surface area (Å²) in [6.45, 7) is 0.790. The summed E-state index contributed by atoms with van der Waals surface area (Å²) < 4.78 is 5.01. The van der Waals surface area contributed by atoms with Crippen molar-refractivity contribution < 1.29 is 4.74 Å². The molecule has 0 fully saturated rings. The number of rotatable bonds is 6. The summed E-state index contributed by atoms with van der Waals surface area (Å²) in [6, 6.07) is 0.277. The van der Waals surface area contributed by atoms with Gasteiger partial charge in [0.05, 0.1) is 11.7 Å². The predicted molar refractivity (Wildman–Crippen MR) is 54.9 cm³/mol. The van der Waals surface area contributed by atoms with Crippen molar-refractivity contribution in [3.05, 3.63) is 24.3 Å². The minimum atomic E-state index is 0.277. The molecule has 1 rings (SSSR count). The number of nitrogens with zero attached hydrogens (tertiary/aromatic N) is 2. The molecule has 0 amide bonds. The fraction of sp³-hybridized carbons (Fsp3) is 0.600. The summed E-state index contributed by atoms with van der Waals surface area (Å²) in [4.78, 5) is 8.31. The molecular formula is C10H17N3O. The van der Waals surface area contributed by atoms with E-state index in [9.17, 15) is 0 Å². The van der Waals surface area contributed by atoms with Gasteiger partial charge in [-0.1, -0.05) is 0 Å². The van der Waals surface area contributed by atoms with Crippen molar-refractivity contribution in [1.82, 2.24) is 15.3 Å². The number of methoxy groups -OCH3 is 1. The van der Waals surface area contributed by atoms with Gasteiger partial charge >= 0.3 is 0 Å². The molecule has 0 aliphatic rings. The zero-order chi connectivity index (χ0) is 10.2. The summed E-state index contributed by atoms with van der Waals surface area (Å²) in [5.41, 5.74) is 0.992. The van der Waals surface area contributed by atoms with Crippen LogP contribution in [-0.2, 0) is 4.74 Å². The summed E-state index contributed by atoms with van der Waals surface area (Å²) in [6.07, 6.45) is 7.25. The van der Waals surface area contributed by atoms with Crippen LogP contribution in [0.2, 0.25) is 0 Å². The van der Waals surface area contributed by atoms with Crippen molar-refractivity contribution in [3.8, 4) is 0 Å². The third kappa shape index (κ3) is 3.40. The fourth-order valence-corrected chi connectivity index (χ4v) is 1.36. The van der Waals surface area contributed by atoms with Crippen LogP contribution >= 0.6 is 0 Å². The molecule has 1 aromatic heterocycles. The zero-order valence-electron chi connectivity index (χ0n) is 8.73. The second-order valence-corrected chi connectivity index (χ2v) is 3.11. The zero-order valence-corrected chi connectivity index (χ0v) is 8.73. The van der Waals surface area contributed by atoms with Gasteiger partial charge in [0.2, 0.25) is 0 Å². The van der Waals surface area contributed by atoms with E-state index in [2.05, 4.69) is 15.3 Å². The van der Waals surface area contributed by atoms with Crippen molar-refractivity contribution in [2.45, 2.75) is 18.9 Å². The summed E-state index contributed by atoms with van der Waals surface area (Å²) in [5, 5.41) is 3.22. The van der Waals surface area contributed by atoms with Crippen LogP contribution in [-0.4, -0.2) is 30.7 Å². The van der Waals surface area contributed by atoms with Crippen LogP contribution in [0.4, 0.5) is 0 Å². The normalized spacial score (nSPS) is 12.7. The third-order valence-corrected chi connectivity index (χ3v) is 2.13. The van der Waals surface area contributed by atoms with Crippen LogP contribution < -0.4 is 5.32 Å². The van der Waals surface area contributed by atoms with E-state index in [1.807, 2.05) is 7.05 Å². The second kappa shape index (κ2) is 6.45. The van der Waals surface area contributed by atoms with Crippen molar-refractivity contribution >= 4 is 0 Å². The quantitative estimate of drug-likeness (QED) is 0.692. The first-order valence-corrected chi connectivity index (χ1v) is 4.80. The van der Waals surface area contributed by atoms with E-state index < -0.39 is 0 Å². The molecule has 78 valence electrons. The lowest BCUT2D eigenvalue weighted by molar-refractivity contribution is 0.189. The lowest BCUT2D eigenvalue weighted by atomic mass is 10.1. The molecule has 4 heteroatoms. The highest BCUT2D eigenvalue weighted by Gasteiger charge is 2.09. The Morgan fingerprint density at radius 1 is 1.50 bits per heavy atom. The van der Waals surface area contributed by atoms with Crippen LogP contribution in [0.1, 0.15) is 24.6 Å². The van der Waals surface area contributed by atoms with E-state index in [1.165, 1.54) is 0 Å². The predicted octanol–water partition coefficient (Wildman–Crippen LogP) is 1.16. The van der Waals surface area contributed by atoms with Gasteiger partial charge < -0.3 is 10.1 Å². The van der Waals surface area contributed by atoms with Crippen LogP contribution in [0.25, 0.3) is 0 Å². The SMILES string of the molecule is CNC(CCCOC)c1cnccn1. The van der Waals surface area contributed by atoms with Gasteiger partial charge in [-0.3, -0.25) is 9.97 Å². The minimum Gasteiger partial charge on any atom is -0.385 e. The monoisotopic (exact) mass is 195 g/mol. The van der Waals surface area contributed by atoms with Crippen molar-refractivity contribution in [2.24, 2.45) is 0 Å². The van der Waals surface area contributed by atoms with E-state index >= 15 is 0 Å². The second-order valence-electron chi connectivity index (χ2n) is 3.11. The van der Waals surface area contributed by atoms with Crippen LogP contribution in [0.3, 0.4) is 0 Å². The Bertz CT molecular complexity index is 240. The van der Waals surface area contributed by atoms with Gasteiger partial charge in [-0.2, -0.15) is 0 Å². The Morgan fingerprint density at radius 2 is 2.36 bits per heavy atom. The highest BCUT2D eigenvalue weighted by Crippen LogP contribution is 2.14. The van der Waals surface area contributed by atoms with Crippen molar-refractivity contribution in [2.75, 3.05) is 20.8 Å². The molecule has 4 nitrogen and oxygen atoms in total. The van der Waals surface area contributed by atoms with E-state index in [0.717, 1.165) is 25.1 Å². The first-order valence-electron chi connectivity index (χ1n) is 4.80. The molecule has 0 saturated heterocycles. The number of ether oxygens (including phenoxy) is 1. The Balaban J connectivity index is 2.46. The number of hydrogen-bond acceptors (Lipinski definition) is 4. The van der Waals surface area contributed by atoms with Crippen molar-refractivity contribution in [3.63, 3.8) is 0 Å². The van der Waals surface area contributed by atoms with E-state index in [-0.39, 0.29) is 6.04 Å². The van der Waals surface area contributed by atoms with Gasteiger partial charge in [-0.25, -0.2) is 0 Å². The number of hydrogen-bond donors (Lipinski definition) is 1. The molecule has 1 heterocycles. The smallest absolute Gasteiger partial charge is 0.0755 e. The Hall–Kier alpha value is -1.00. The van der Waals surface area contributed by atoms with Gasteiger partial charge in [0.1, 0.15) is 0 Å². The van der Waals surface area contributed by atoms with Gasteiger partial charge in [0.25, 0.3) is 0 Å². The first kappa shape index (κ1) is 11.1.